The zero-order chi connectivity index (χ0) is 12.3. The van der Waals surface area contributed by atoms with E-state index >= 15 is 0 Å². The predicted octanol–water partition coefficient (Wildman–Crippen LogP) is 1.04. The highest BCUT2D eigenvalue weighted by molar-refractivity contribution is 7.98. The molecule has 2 aromatic rings. The Kier molecular flexibility index (Phi) is 4.14. The molecule has 0 saturated heterocycles. The van der Waals surface area contributed by atoms with E-state index < -0.39 is 0 Å². The van der Waals surface area contributed by atoms with Crippen molar-refractivity contribution in [3.63, 3.8) is 0 Å². The van der Waals surface area contributed by atoms with Gasteiger partial charge in [-0.2, -0.15) is 21.4 Å². The molecule has 2 N–H and O–H groups in total. The van der Waals surface area contributed by atoms with Gasteiger partial charge in [0.2, 0.25) is 4.96 Å². The van der Waals surface area contributed by atoms with Gasteiger partial charge in [-0.15, -0.1) is 0 Å². The van der Waals surface area contributed by atoms with E-state index in [1.54, 1.807) is 11.8 Å². The van der Waals surface area contributed by atoms with Gasteiger partial charge < -0.3 is 5.73 Å². The molecule has 2 aromatic heterocycles. The highest BCUT2D eigenvalue weighted by Crippen LogP contribution is 2.17. The summed E-state index contributed by atoms with van der Waals surface area (Å²) in [5.74, 6) is 1.83. The molecule has 7 heteroatoms. The molecule has 0 spiro atoms. The van der Waals surface area contributed by atoms with Crippen LogP contribution in [-0.4, -0.2) is 26.9 Å². The van der Waals surface area contributed by atoms with Crippen molar-refractivity contribution in [3.05, 3.63) is 27.1 Å². The van der Waals surface area contributed by atoms with Gasteiger partial charge in [0, 0.05) is 17.5 Å². The van der Waals surface area contributed by atoms with Crippen LogP contribution in [-0.2, 0) is 5.75 Å². The molecule has 0 aliphatic carbocycles. The zero-order valence-corrected chi connectivity index (χ0v) is 11.2. The van der Waals surface area contributed by atoms with Gasteiger partial charge in [-0.1, -0.05) is 11.3 Å². The molecule has 0 atom stereocenters. The van der Waals surface area contributed by atoms with E-state index in [0.717, 1.165) is 28.6 Å². The first-order valence-corrected chi connectivity index (χ1v) is 7.32. The van der Waals surface area contributed by atoms with Crippen molar-refractivity contribution in [2.75, 3.05) is 12.3 Å². The first-order chi connectivity index (χ1) is 8.20. The molecule has 0 fully saturated rings. The Labute approximate surface area is 107 Å². The number of thioether (sulfide) groups is 1. The van der Waals surface area contributed by atoms with Gasteiger partial charge >= 0.3 is 0 Å². The summed E-state index contributed by atoms with van der Waals surface area (Å²) >= 11 is 3.25. The van der Waals surface area contributed by atoms with E-state index in [-0.39, 0.29) is 5.56 Å². The molecule has 0 aliphatic rings. The first-order valence-electron chi connectivity index (χ1n) is 5.35. The molecule has 0 aromatic carbocycles. The lowest BCUT2D eigenvalue weighted by Crippen LogP contribution is -2.14. The highest BCUT2D eigenvalue weighted by atomic mass is 32.2. The van der Waals surface area contributed by atoms with Gasteiger partial charge in [0.05, 0.1) is 0 Å². The third-order valence-electron chi connectivity index (χ3n) is 2.13. The Morgan fingerprint density at radius 1 is 1.59 bits per heavy atom. The monoisotopic (exact) mass is 270 g/mol. The van der Waals surface area contributed by atoms with Crippen LogP contribution in [0.3, 0.4) is 0 Å². The van der Waals surface area contributed by atoms with E-state index in [9.17, 15) is 4.79 Å². The van der Waals surface area contributed by atoms with E-state index in [0.29, 0.717) is 11.5 Å². The summed E-state index contributed by atoms with van der Waals surface area (Å²) in [7, 11) is 0. The van der Waals surface area contributed by atoms with Gasteiger partial charge in [0.25, 0.3) is 5.56 Å². The Morgan fingerprint density at radius 3 is 3.18 bits per heavy atom. The topological polar surface area (TPSA) is 73.3 Å². The van der Waals surface area contributed by atoms with E-state index in [1.807, 2.05) is 6.92 Å². The smallest absolute Gasteiger partial charge is 0.275 e. The van der Waals surface area contributed by atoms with Crippen LogP contribution in [0.15, 0.2) is 10.9 Å². The number of rotatable bonds is 5. The molecule has 0 radical (unpaired) electrons. The summed E-state index contributed by atoms with van der Waals surface area (Å²) in [5, 5.41) is 5.19. The molecule has 2 heterocycles. The molecule has 17 heavy (non-hydrogen) atoms. The number of hydrogen-bond donors (Lipinski definition) is 1. The van der Waals surface area contributed by atoms with Crippen LogP contribution in [0.1, 0.15) is 17.1 Å². The third kappa shape index (κ3) is 3.05. The minimum Gasteiger partial charge on any atom is -0.330 e. The summed E-state index contributed by atoms with van der Waals surface area (Å²) in [6.45, 7) is 2.53. The fourth-order valence-electron chi connectivity index (χ4n) is 1.36. The van der Waals surface area contributed by atoms with Gasteiger partial charge in [0.15, 0.2) is 0 Å². The van der Waals surface area contributed by atoms with Crippen molar-refractivity contribution in [2.24, 2.45) is 5.73 Å². The number of aryl methyl sites for hydroxylation is 1. The quantitative estimate of drug-likeness (QED) is 0.822. The normalized spacial score (nSPS) is 11.2. The maximum absolute atomic E-state index is 11.6. The molecule has 0 aliphatic heterocycles. The fourth-order valence-corrected chi connectivity index (χ4v) is 3.34. The number of nitrogens with two attached hydrogens (primary N) is 1. The molecular formula is C10H14N4OS2. The van der Waals surface area contributed by atoms with Crippen LogP contribution >= 0.6 is 23.1 Å². The Balaban J connectivity index is 2.15. The molecule has 5 nitrogen and oxygen atoms in total. The number of aromatic nitrogens is 3. The summed E-state index contributed by atoms with van der Waals surface area (Å²) in [4.78, 5) is 16.6. The summed E-state index contributed by atoms with van der Waals surface area (Å²) in [6, 6.07) is 1.50. The zero-order valence-electron chi connectivity index (χ0n) is 9.55. The summed E-state index contributed by atoms with van der Waals surface area (Å²) < 4.78 is 1.37. The van der Waals surface area contributed by atoms with Gasteiger partial charge in [0.1, 0.15) is 5.01 Å². The van der Waals surface area contributed by atoms with E-state index in [2.05, 4.69) is 10.1 Å². The molecule has 0 saturated carbocycles. The molecule has 2 rings (SSSR count). The Morgan fingerprint density at radius 2 is 2.41 bits per heavy atom. The fraction of sp³-hybridized carbons (Fsp3) is 0.500. The van der Waals surface area contributed by atoms with E-state index in [1.165, 1.54) is 21.9 Å². The van der Waals surface area contributed by atoms with Gasteiger partial charge in [-0.25, -0.2) is 4.98 Å². The van der Waals surface area contributed by atoms with Crippen LogP contribution in [0.5, 0.6) is 0 Å². The average molecular weight is 270 g/mol. The lowest BCUT2D eigenvalue weighted by molar-refractivity contribution is 0.869. The number of nitrogens with zero attached hydrogens (tertiary/aromatic N) is 3. The minimum atomic E-state index is -0.109. The Hall–Kier alpha value is -0.920. The van der Waals surface area contributed by atoms with Crippen molar-refractivity contribution in [3.8, 4) is 0 Å². The van der Waals surface area contributed by atoms with E-state index in [4.69, 9.17) is 5.73 Å². The third-order valence-corrected chi connectivity index (χ3v) is 4.28. The lowest BCUT2D eigenvalue weighted by Gasteiger charge is -1.95. The standard InChI is InChI=1S/C10H14N4OS2/c1-7-5-9(15)14-10(12-7)17-8(13-14)6-16-4-2-3-11/h5H,2-4,6,11H2,1H3. The molecular weight excluding hydrogens is 256 g/mol. The van der Waals surface area contributed by atoms with Gasteiger partial charge in [-0.05, 0) is 25.6 Å². The number of fused-ring (bicyclic) bond motifs is 1. The second kappa shape index (κ2) is 5.61. The van der Waals surface area contributed by atoms with Crippen LogP contribution in [0.2, 0.25) is 0 Å². The molecule has 0 bridgehead atoms. The predicted molar refractivity (Wildman–Crippen MR) is 71.7 cm³/mol. The largest absolute Gasteiger partial charge is 0.330 e. The lowest BCUT2D eigenvalue weighted by atomic mass is 10.5. The second-order valence-corrected chi connectivity index (χ2v) is 5.77. The SMILES string of the molecule is Cc1cc(=O)n2nc(CSCCCN)sc2n1. The van der Waals surface area contributed by atoms with Crippen LogP contribution < -0.4 is 11.3 Å². The van der Waals surface area contributed by atoms with Crippen LogP contribution in [0.25, 0.3) is 4.96 Å². The molecule has 0 amide bonds. The maximum Gasteiger partial charge on any atom is 0.275 e. The van der Waals surface area contributed by atoms with Gasteiger partial charge in [-0.3, -0.25) is 4.79 Å². The molecule has 0 unspecified atom stereocenters. The van der Waals surface area contributed by atoms with Crippen molar-refractivity contribution in [1.82, 2.24) is 14.6 Å². The summed E-state index contributed by atoms with van der Waals surface area (Å²) in [5.41, 5.74) is 6.05. The van der Waals surface area contributed by atoms with Crippen molar-refractivity contribution < 1.29 is 0 Å². The minimum absolute atomic E-state index is 0.109. The van der Waals surface area contributed by atoms with Crippen molar-refractivity contribution >= 4 is 28.1 Å². The highest BCUT2D eigenvalue weighted by Gasteiger charge is 2.07. The summed E-state index contributed by atoms with van der Waals surface area (Å²) in [6.07, 6.45) is 1.01. The number of hydrogen-bond acceptors (Lipinski definition) is 6. The second-order valence-electron chi connectivity index (χ2n) is 3.62. The van der Waals surface area contributed by atoms with Crippen LogP contribution in [0, 0.1) is 6.92 Å². The Bertz CT molecular complexity index is 563. The first kappa shape index (κ1) is 12.5. The average Bonchev–Trinajstić information content (AvgIpc) is 2.67. The van der Waals surface area contributed by atoms with Crippen LogP contribution in [0.4, 0.5) is 0 Å². The molecule has 92 valence electrons. The van der Waals surface area contributed by atoms with Crippen molar-refractivity contribution in [2.45, 2.75) is 19.1 Å². The van der Waals surface area contributed by atoms with Crippen molar-refractivity contribution in [1.29, 1.82) is 0 Å². The maximum atomic E-state index is 11.6.